The van der Waals surface area contributed by atoms with E-state index < -0.39 is 8.07 Å². The lowest BCUT2D eigenvalue weighted by Crippen LogP contribution is -2.59. The van der Waals surface area contributed by atoms with Crippen LogP contribution in [-0.2, 0) is 6.42 Å². The Balaban J connectivity index is 0.948. The van der Waals surface area contributed by atoms with Crippen molar-refractivity contribution in [2.75, 3.05) is 4.90 Å². The van der Waals surface area contributed by atoms with Crippen LogP contribution in [0.4, 0.5) is 5.69 Å². The quantitative estimate of drug-likeness (QED) is 0.127. The molecule has 326 valence electrons. The van der Waals surface area contributed by atoms with Crippen LogP contribution in [0.1, 0.15) is 133 Å². The van der Waals surface area contributed by atoms with Crippen LogP contribution in [0.15, 0.2) is 162 Å². The molecule has 0 saturated heterocycles. The van der Waals surface area contributed by atoms with E-state index in [-0.39, 0.29) is 0 Å². The van der Waals surface area contributed by atoms with Crippen molar-refractivity contribution in [3.05, 3.63) is 178 Å². The van der Waals surface area contributed by atoms with Gasteiger partial charge in [0.1, 0.15) is 8.07 Å². The Morgan fingerprint density at radius 2 is 1.55 bits per heavy atom. The second-order valence-electron chi connectivity index (χ2n) is 21.0. The fourth-order valence-corrected chi connectivity index (χ4v) is 21.9. The summed E-state index contributed by atoms with van der Waals surface area (Å²) in [6.45, 7) is 2.64. The molecule has 1 fully saturated rings. The molecule has 7 atom stereocenters. The normalized spacial score (nSPS) is 28.9. The Hall–Kier alpha value is -4.86. The average molecular weight is 857 g/mol. The van der Waals surface area contributed by atoms with Crippen molar-refractivity contribution >= 4 is 41.5 Å². The van der Waals surface area contributed by atoms with Gasteiger partial charge in [-0.1, -0.05) is 182 Å². The smallest absolute Gasteiger partial charge is 0.127 e. The molecule has 8 aliphatic rings. The van der Waals surface area contributed by atoms with Crippen molar-refractivity contribution in [1.82, 2.24) is 4.57 Å². The fraction of sp³-hybridized carbons (Fsp3) is 0.410. The van der Waals surface area contributed by atoms with E-state index in [4.69, 9.17) is 0 Å². The van der Waals surface area contributed by atoms with Gasteiger partial charge < -0.3 is 9.47 Å². The van der Waals surface area contributed by atoms with Gasteiger partial charge in [-0.25, -0.2) is 0 Å². The third-order valence-electron chi connectivity index (χ3n) is 17.7. The zero-order valence-corrected chi connectivity index (χ0v) is 39.3. The van der Waals surface area contributed by atoms with E-state index in [2.05, 4.69) is 162 Å². The maximum Gasteiger partial charge on any atom is 0.127 e. The van der Waals surface area contributed by atoms with E-state index in [0.717, 1.165) is 18.4 Å². The van der Waals surface area contributed by atoms with Crippen molar-refractivity contribution in [3.63, 3.8) is 0 Å². The summed E-state index contributed by atoms with van der Waals surface area (Å²) in [4.78, 5) is 2.86. The highest BCUT2D eigenvalue weighted by Crippen LogP contribution is 2.56. The van der Waals surface area contributed by atoms with E-state index in [1.54, 1.807) is 32.9 Å². The number of allylic oxidation sites excluding steroid dienone is 13. The molecule has 3 aromatic carbocycles. The molecule has 1 aromatic heterocycles. The van der Waals surface area contributed by atoms with E-state index in [1.807, 2.05) is 0 Å². The maximum absolute atomic E-state index is 2.86. The van der Waals surface area contributed by atoms with E-state index >= 15 is 0 Å². The first-order chi connectivity index (χ1) is 31.7. The molecule has 64 heavy (non-hydrogen) atoms. The second kappa shape index (κ2) is 17.2. The Bertz CT molecular complexity index is 2660. The van der Waals surface area contributed by atoms with Crippen LogP contribution in [0, 0.1) is 17.8 Å². The molecule has 4 aromatic rings. The Kier molecular flexibility index (Phi) is 10.9. The van der Waals surface area contributed by atoms with Gasteiger partial charge in [0.2, 0.25) is 0 Å². The third-order valence-corrected chi connectivity index (χ3v) is 24.0. The molecule has 12 rings (SSSR count). The van der Waals surface area contributed by atoms with Crippen LogP contribution in [0.25, 0.3) is 22.6 Å². The minimum Gasteiger partial charge on any atom is -0.338 e. The lowest BCUT2D eigenvalue weighted by atomic mass is 9.75. The lowest BCUT2D eigenvalue weighted by molar-refractivity contribution is 0.406. The molecule has 0 radical (unpaired) electrons. The second-order valence-corrected chi connectivity index (χ2v) is 25.3. The van der Waals surface area contributed by atoms with Crippen LogP contribution in [0.2, 0.25) is 11.1 Å². The number of anilines is 1. The number of aromatic nitrogens is 1. The topological polar surface area (TPSA) is 8.17 Å². The third kappa shape index (κ3) is 6.85. The standard InChI is InChI=1S/C61H68N2Si/c1-43-39-48(34-38-61(43)64(50-23-11-4-12-24-50,51-25-13-5-14-26-51)52-27-15-6-16-28-52)62-57-30-18-17-29-53(57)56-42-49(33-37-58(56)62)63-59-40-46(44-19-7-2-8-20-44)31-35-54(59)55-36-32-47(41-60(55)63)45-21-9-3-10-22-45/h2-4,7-9,11-13,17,19-21,23-26,29,33-34,37-38,40,42-43,47-48,52,54,59,61H,5-6,10,14-16,18,22,27-28,30-32,35-36,39,41H2,1H3. The number of nitrogens with zero attached hydrogens (tertiary/aromatic N) is 2. The summed E-state index contributed by atoms with van der Waals surface area (Å²) in [5.74, 6) is 1.87. The van der Waals surface area contributed by atoms with Gasteiger partial charge in [-0.2, -0.15) is 0 Å². The summed E-state index contributed by atoms with van der Waals surface area (Å²) in [5.41, 5.74) is 15.3. The van der Waals surface area contributed by atoms with Crippen molar-refractivity contribution in [2.45, 2.75) is 139 Å². The van der Waals surface area contributed by atoms with Crippen LogP contribution in [0.3, 0.4) is 0 Å². The van der Waals surface area contributed by atoms with Gasteiger partial charge in [0.15, 0.2) is 0 Å². The van der Waals surface area contributed by atoms with Gasteiger partial charge in [-0.3, -0.25) is 0 Å². The zero-order valence-electron chi connectivity index (χ0n) is 38.3. The predicted molar refractivity (Wildman–Crippen MR) is 274 cm³/mol. The molecule has 0 N–H and O–H groups in total. The highest BCUT2D eigenvalue weighted by molar-refractivity contribution is 7.00. The molecule has 0 amide bonds. The Morgan fingerprint density at radius 1 is 0.719 bits per heavy atom. The molecule has 0 spiro atoms. The first kappa shape index (κ1) is 40.6. The highest BCUT2D eigenvalue weighted by Gasteiger charge is 2.53. The zero-order chi connectivity index (χ0) is 42.6. The summed E-state index contributed by atoms with van der Waals surface area (Å²) < 4.78 is 2.83. The monoisotopic (exact) mass is 857 g/mol. The van der Waals surface area contributed by atoms with Gasteiger partial charge in [0.25, 0.3) is 0 Å². The van der Waals surface area contributed by atoms with Crippen molar-refractivity contribution in [3.8, 4) is 0 Å². The Morgan fingerprint density at radius 3 is 2.34 bits per heavy atom. The molecule has 1 aliphatic heterocycles. The molecular weight excluding hydrogens is 789 g/mol. The number of hydrogen-bond acceptors (Lipinski definition) is 1. The van der Waals surface area contributed by atoms with Crippen molar-refractivity contribution < 1.29 is 0 Å². The Labute approximate surface area is 384 Å². The van der Waals surface area contributed by atoms with Crippen LogP contribution in [-0.4, -0.2) is 18.7 Å². The number of fused-ring (bicyclic) bond motifs is 5. The summed E-state index contributed by atoms with van der Waals surface area (Å²) in [7, 11) is -2.18. The summed E-state index contributed by atoms with van der Waals surface area (Å²) >= 11 is 0. The molecule has 3 heteroatoms. The van der Waals surface area contributed by atoms with Crippen LogP contribution < -0.4 is 10.1 Å². The first-order valence-electron chi connectivity index (χ1n) is 25.7. The molecular formula is C61H68N2Si. The van der Waals surface area contributed by atoms with Gasteiger partial charge in [0, 0.05) is 39.5 Å². The fourth-order valence-electron chi connectivity index (χ4n) is 14.9. The van der Waals surface area contributed by atoms with E-state index in [1.165, 1.54) is 130 Å². The molecule has 2 nitrogen and oxygen atoms in total. The van der Waals surface area contributed by atoms with Gasteiger partial charge in [-0.15, -0.1) is 0 Å². The first-order valence-corrected chi connectivity index (χ1v) is 27.9. The van der Waals surface area contributed by atoms with Gasteiger partial charge >= 0.3 is 0 Å². The van der Waals surface area contributed by atoms with Crippen LogP contribution in [0.5, 0.6) is 0 Å². The molecule has 7 unspecified atom stereocenters. The number of rotatable bonds is 8. The summed E-state index contributed by atoms with van der Waals surface area (Å²) in [6.07, 6.45) is 49.5. The summed E-state index contributed by atoms with van der Waals surface area (Å²) in [6, 6.07) is 31.8. The average Bonchev–Trinajstić information content (AvgIpc) is 3.88. The predicted octanol–water partition coefficient (Wildman–Crippen LogP) is 15.6. The largest absolute Gasteiger partial charge is 0.338 e. The minimum atomic E-state index is -2.18. The van der Waals surface area contributed by atoms with Crippen molar-refractivity contribution in [2.24, 2.45) is 17.8 Å². The van der Waals surface area contributed by atoms with Crippen molar-refractivity contribution in [1.29, 1.82) is 0 Å². The molecule has 0 bridgehead atoms. The van der Waals surface area contributed by atoms with Gasteiger partial charge in [0.05, 0.1) is 12.1 Å². The van der Waals surface area contributed by atoms with E-state index in [9.17, 15) is 0 Å². The SMILES string of the molecule is CC1CC(n2c3c(c4cc(N5C6=C(CCC(C7=CC=CCC7)C6)C6CCC(c7ccccc7)=CC65)ccc42)C=CCC3)C=CC1[Si](C1=CCCC=C1)(c1ccccc1)C1CCCCC1. The number of benzene rings is 3. The molecule has 7 aliphatic carbocycles. The lowest BCUT2D eigenvalue weighted by Gasteiger charge is -2.51. The number of hydrogen-bond donors (Lipinski definition) is 0. The minimum absolute atomic E-state index is 0.372. The molecule has 1 saturated carbocycles. The maximum atomic E-state index is 2.86. The van der Waals surface area contributed by atoms with Gasteiger partial charge in [-0.05, 0) is 135 Å². The van der Waals surface area contributed by atoms with E-state index in [0.29, 0.717) is 35.4 Å². The summed E-state index contributed by atoms with van der Waals surface area (Å²) in [5, 5.41) is 4.88. The molecule has 2 heterocycles. The highest BCUT2D eigenvalue weighted by atomic mass is 28.3. The van der Waals surface area contributed by atoms with Crippen LogP contribution >= 0.6 is 0 Å².